The minimum atomic E-state index is -0.489. The van der Waals surface area contributed by atoms with Gasteiger partial charge >= 0.3 is 0 Å². The van der Waals surface area contributed by atoms with Crippen molar-refractivity contribution in [3.8, 4) is 11.8 Å². The summed E-state index contributed by atoms with van der Waals surface area (Å²) >= 11 is 0. The minimum absolute atomic E-state index is 0.0138. The number of anilines is 1. The standard InChI is InChI=1S/C15H18FNO3/c1-11(20-2)5-8-15(19)17-13-6-7-14(16)12(10-13)4-3-9-18/h6-7,10-11,18H,5,8-9H2,1-2H3,(H,17,19). The normalized spacial score (nSPS) is 11.4. The second kappa shape index (κ2) is 8.31. The van der Waals surface area contributed by atoms with Crippen LogP contribution in [0.2, 0.25) is 0 Å². The number of hydrogen-bond donors (Lipinski definition) is 2. The molecule has 108 valence electrons. The molecule has 0 spiro atoms. The third-order valence-corrected chi connectivity index (χ3v) is 2.73. The third-order valence-electron chi connectivity index (χ3n) is 2.73. The quantitative estimate of drug-likeness (QED) is 0.810. The van der Waals surface area contributed by atoms with Crippen LogP contribution in [0.15, 0.2) is 18.2 Å². The molecule has 0 aliphatic rings. The van der Waals surface area contributed by atoms with Gasteiger partial charge in [-0.25, -0.2) is 4.39 Å². The fraction of sp³-hybridized carbons (Fsp3) is 0.400. The summed E-state index contributed by atoms with van der Waals surface area (Å²) in [5.41, 5.74) is 0.616. The predicted octanol–water partition coefficient (Wildman–Crippen LogP) is 1.92. The summed E-state index contributed by atoms with van der Waals surface area (Å²) in [7, 11) is 1.59. The zero-order chi connectivity index (χ0) is 15.0. The average molecular weight is 279 g/mol. The number of carbonyl (C=O) groups is 1. The summed E-state index contributed by atoms with van der Waals surface area (Å²) in [6, 6.07) is 4.14. The number of aliphatic hydroxyl groups is 1. The van der Waals surface area contributed by atoms with E-state index in [9.17, 15) is 9.18 Å². The monoisotopic (exact) mass is 279 g/mol. The van der Waals surface area contributed by atoms with E-state index in [2.05, 4.69) is 17.2 Å². The summed E-state index contributed by atoms with van der Waals surface area (Å²) in [5, 5.41) is 11.3. The molecule has 4 nitrogen and oxygen atoms in total. The van der Waals surface area contributed by atoms with Crippen molar-refractivity contribution >= 4 is 11.6 Å². The predicted molar refractivity (Wildman–Crippen MR) is 74.7 cm³/mol. The van der Waals surface area contributed by atoms with E-state index in [4.69, 9.17) is 9.84 Å². The number of rotatable bonds is 5. The van der Waals surface area contributed by atoms with Crippen LogP contribution < -0.4 is 5.32 Å². The topological polar surface area (TPSA) is 58.6 Å². The first-order valence-electron chi connectivity index (χ1n) is 6.28. The summed E-state index contributed by atoms with van der Waals surface area (Å²) in [6.45, 7) is 1.54. The minimum Gasteiger partial charge on any atom is -0.384 e. The van der Waals surface area contributed by atoms with Crippen LogP contribution in [0.4, 0.5) is 10.1 Å². The highest BCUT2D eigenvalue weighted by atomic mass is 19.1. The van der Waals surface area contributed by atoms with Crippen LogP contribution >= 0.6 is 0 Å². The third kappa shape index (κ3) is 5.39. The number of nitrogens with one attached hydrogen (secondary N) is 1. The molecule has 0 heterocycles. The summed E-state index contributed by atoms with van der Waals surface area (Å²) in [6.07, 6.45) is 0.949. The fourth-order valence-electron chi connectivity index (χ4n) is 1.51. The SMILES string of the molecule is COC(C)CCC(=O)Nc1ccc(F)c(C#CCO)c1. The van der Waals surface area contributed by atoms with E-state index in [1.807, 2.05) is 6.92 Å². The van der Waals surface area contributed by atoms with Crippen LogP contribution in [0.3, 0.4) is 0 Å². The Hall–Kier alpha value is -1.90. The van der Waals surface area contributed by atoms with Gasteiger partial charge in [0.15, 0.2) is 0 Å². The Morgan fingerprint density at radius 2 is 2.30 bits per heavy atom. The Labute approximate surface area is 117 Å². The smallest absolute Gasteiger partial charge is 0.224 e. The average Bonchev–Trinajstić information content (AvgIpc) is 2.45. The number of ether oxygens (including phenoxy) is 1. The van der Waals surface area contributed by atoms with Crippen molar-refractivity contribution in [1.29, 1.82) is 0 Å². The summed E-state index contributed by atoms with van der Waals surface area (Å²) in [5.74, 6) is 4.21. The second-order valence-corrected chi connectivity index (χ2v) is 4.29. The number of amides is 1. The molecule has 1 unspecified atom stereocenters. The number of methoxy groups -OCH3 is 1. The lowest BCUT2D eigenvalue weighted by molar-refractivity contribution is -0.116. The molecular formula is C15H18FNO3. The van der Waals surface area contributed by atoms with Gasteiger partial charge in [0.2, 0.25) is 5.91 Å². The maximum Gasteiger partial charge on any atom is 0.224 e. The van der Waals surface area contributed by atoms with Gasteiger partial charge in [0, 0.05) is 19.2 Å². The number of hydrogen-bond acceptors (Lipinski definition) is 3. The van der Waals surface area contributed by atoms with Crippen molar-refractivity contribution in [1.82, 2.24) is 0 Å². The van der Waals surface area contributed by atoms with E-state index in [1.54, 1.807) is 7.11 Å². The largest absolute Gasteiger partial charge is 0.384 e. The summed E-state index contributed by atoms with van der Waals surface area (Å²) in [4.78, 5) is 11.7. The van der Waals surface area contributed by atoms with E-state index in [1.165, 1.54) is 18.2 Å². The first-order valence-corrected chi connectivity index (χ1v) is 6.28. The van der Waals surface area contributed by atoms with E-state index >= 15 is 0 Å². The Morgan fingerprint density at radius 3 is 2.95 bits per heavy atom. The number of halogens is 1. The molecule has 0 saturated carbocycles. The molecule has 5 heteroatoms. The van der Waals surface area contributed by atoms with E-state index in [-0.39, 0.29) is 24.2 Å². The van der Waals surface area contributed by atoms with Gasteiger partial charge in [0.1, 0.15) is 12.4 Å². The Kier molecular flexibility index (Phi) is 6.71. The van der Waals surface area contributed by atoms with Crippen LogP contribution in [0.5, 0.6) is 0 Å². The van der Waals surface area contributed by atoms with Crippen LogP contribution in [0.1, 0.15) is 25.3 Å². The highest BCUT2D eigenvalue weighted by Crippen LogP contribution is 2.14. The van der Waals surface area contributed by atoms with E-state index < -0.39 is 5.82 Å². The molecule has 20 heavy (non-hydrogen) atoms. The van der Waals surface area contributed by atoms with Crippen LogP contribution in [0, 0.1) is 17.7 Å². The lowest BCUT2D eigenvalue weighted by Crippen LogP contribution is -2.15. The van der Waals surface area contributed by atoms with Crippen molar-refractivity contribution in [3.05, 3.63) is 29.6 Å². The number of carbonyl (C=O) groups excluding carboxylic acids is 1. The molecule has 1 aromatic rings. The zero-order valence-electron chi connectivity index (χ0n) is 11.6. The molecule has 1 aromatic carbocycles. The molecule has 0 aromatic heterocycles. The Morgan fingerprint density at radius 1 is 1.55 bits per heavy atom. The molecule has 0 bridgehead atoms. The first-order chi connectivity index (χ1) is 9.56. The van der Waals surface area contributed by atoms with E-state index in [0.717, 1.165) is 0 Å². The van der Waals surface area contributed by atoms with Gasteiger partial charge in [0.25, 0.3) is 0 Å². The lowest BCUT2D eigenvalue weighted by Gasteiger charge is -2.09. The molecule has 0 fully saturated rings. The highest BCUT2D eigenvalue weighted by molar-refractivity contribution is 5.90. The van der Waals surface area contributed by atoms with Gasteiger partial charge in [-0.2, -0.15) is 0 Å². The molecule has 0 saturated heterocycles. The molecule has 0 radical (unpaired) electrons. The van der Waals surface area contributed by atoms with Crippen molar-refractivity contribution in [2.24, 2.45) is 0 Å². The molecule has 0 aliphatic heterocycles. The van der Waals surface area contributed by atoms with Crippen molar-refractivity contribution < 1.29 is 19.0 Å². The molecule has 1 amide bonds. The van der Waals surface area contributed by atoms with Crippen molar-refractivity contribution in [2.75, 3.05) is 19.0 Å². The molecule has 1 atom stereocenters. The highest BCUT2D eigenvalue weighted by Gasteiger charge is 2.07. The van der Waals surface area contributed by atoms with Gasteiger partial charge in [-0.1, -0.05) is 11.8 Å². The van der Waals surface area contributed by atoms with Crippen molar-refractivity contribution in [2.45, 2.75) is 25.9 Å². The van der Waals surface area contributed by atoms with Gasteiger partial charge < -0.3 is 15.2 Å². The van der Waals surface area contributed by atoms with E-state index in [0.29, 0.717) is 18.5 Å². The van der Waals surface area contributed by atoms with Gasteiger partial charge in [0.05, 0.1) is 11.7 Å². The van der Waals surface area contributed by atoms with Gasteiger partial charge in [-0.15, -0.1) is 0 Å². The zero-order valence-corrected chi connectivity index (χ0v) is 11.6. The van der Waals surface area contributed by atoms with Crippen molar-refractivity contribution in [3.63, 3.8) is 0 Å². The van der Waals surface area contributed by atoms with Crippen LogP contribution in [-0.4, -0.2) is 30.8 Å². The first kappa shape index (κ1) is 16.2. The molecular weight excluding hydrogens is 261 g/mol. The molecule has 2 N–H and O–H groups in total. The fourth-order valence-corrected chi connectivity index (χ4v) is 1.51. The maximum atomic E-state index is 13.4. The molecule has 1 rings (SSSR count). The summed E-state index contributed by atoms with van der Waals surface area (Å²) < 4.78 is 18.5. The van der Waals surface area contributed by atoms with Crippen LogP contribution in [-0.2, 0) is 9.53 Å². The second-order valence-electron chi connectivity index (χ2n) is 4.29. The van der Waals surface area contributed by atoms with Gasteiger partial charge in [-0.05, 0) is 31.5 Å². The number of aliphatic hydroxyl groups excluding tert-OH is 1. The Balaban J connectivity index is 2.66. The van der Waals surface area contributed by atoms with Gasteiger partial charge in [-0.3, -0.25) is 4.79 Å². The lowest BCUT2D eigenvalue weighted by atomic mass is 10.1. The maximum absolute atomic E-state index is 13.4. The van der Waals surface area contributed by atoms with Crippen LogP contribution in [0.25, 0.3) is 0 Å². The number of benzene rings is 1. The Bertz CT molecular complexity index is 520. The molecule has 0 aliphatic carbocycles.